The highest BCUT2D eigenvalue weighted by Crippen LogP contribution is 2.20. The van der Waals surface area contributed by atoms with Gasteiger partial charge in [0.1, 0.15) is 11.6 Å². The maximum Gasteiger partial charge on any atom is 0.317 e. The molecule has 0 atom stereocenters. The molecule has 2 amide bonds. The Labute approximate surface area is 152 Å². The molecule has 1 aliphatic rings. The summed E-state index contributed by atoms with van der Waals surface area (Å²) in [6.07, 6.45) is 1.79. The zero-order chi connectivity index (χ0) is 18.4. The number of hydrogen-bond acceptors (Lipinski definition) is 4. The van der Waals surface area contributed by atoms with E-state index in [0.29, 0.717) is 18.2 Å². The Morgan fingerprint density at radius 1 is 1.15 bits per heavy atom. The maximum atomic E-state index is 12.9. The summed E-state index contributed by atoms with van der Waals surface area (Å²) in [4.78, 5) is 20.3. The van der Waals surface area contributed by atoms with E-state index in [2.05, 4.69) is 15.2 Å². The second-order valence-electron chi connectivity index (χ2n) is 6.16. The molecule has 138 valence electrons. The van der Waals surface area contributed by atoms with E-state index in [1.54, 1.807) is 18.3 Å². The molecule has 6 nitrogen and oxygen atoms in total. The Kier molecular flexibility index (Phi) is 6.01. The Hall–Kier alpha value is -2.67. The van der Waals surface area contributed by atoms with Crippen LogP contribution in [0.15, 0.2) is 42.6 Å². The van der Waals surface area contributed by atoms with Crippen molar-refractivity contribution in [3.63, 3.8) is 0 Å². The number of rotatable bonds is 5. The monoisotopic (exact) mass is 358 g/mol. The Bertz CT molecular complexity index is 713. The Morgan fingerprint density at radius 2 is 1.88 bits per heavy atom. The zero-order valence-electron chi connectivity index (χ0n) is 14.8. The molecule has 26 heavy (non-hydrogen) atoms. The molecule has 2 aromatic rings. The highest BCUT2D eigenvalue weighted by molar-refractivity contribution is 5.74. The number of ether oxygens (including phenoxy) is 1. The molecular weight excluding hydrogens is 335 g/mol. The normalized spacial score (nSPS) is 14.9. The fraction of sp³-hybridized carbons (Fsp3) is 0.368. The number of carbonyl (C=O) groups excluding carboxylic acids is 1. The number of amides is 2. The fourth-order valence-electron chi connectivity index (χ4n) is 2.82. The van der Waals surface area contributed by atoms with Crippen LogP contribution in [0.4, 0.5) is 9.18 Å². The number of piperazine rings is 1. The summed E-state index contributed by atoms with van der Waals surface area (Å²) >= 11 is 0. The molecule has 0 unspecified atom stereocenters. The minimum atomic E-state index is -0.298. The van der Waals surface area contributed by atoms with E-state index in [0.717, 1.165) is 38.3 Å². The second kappa shape index (κ2) is 8.62. The Balaban J connectivity index is 1.49. The number of pyridine rings is 1. The van der Waals surface area contributed by atoms with Gasteiger partial charge in [0.25, 0.3) is 0 Å². The lowest BCUT2D eigenvalue weighted by molar-refractivity contribution is 0.135. The van der Waals surface area contributed by atoms with Crippen LogP contribution in [0, 0.1) is 5.82 Å². The quantitative estimate of drug-likeness (QED) is 0.893. The van der Waals surface area contributed by atoms with Gasteiger partial charge in [0.15, 0.2) is 0 Å². The van der Waals surface area contributed by atoms with Gasteiger partial charge in [-0.25, -0.2) is 14.2 Å². The minimum Gasteiger partial charge on any atom is -0.439 e. The molecule has 3 rings (SSSR count). The van der Waals surface area contributed by atoms with Crippen LogP contribution in [0.3, 0.4) is 0 Å². The Morgan fingerprint density at radius 3 is 2.50 bits per heavy atom. The van der Waals surface area contributed by atoms with Crippen LogP contribution in [0.1, 0.15) is 12.5 Å². The fourth-order valence-corrected chi connectivity index (χ4v) is 2.82. The largest absolute Gasteiger partial charge is 0.439 e. The van der Waals surface area contributed by atoms with Gasteiger partial charge >= 0.3 is 6.03 Å². The van der Waals surface area contributed by atoms with Crippen molar-refractivity contribution in [1.29, 1.82) is 0 Å². The zero-order valence-corrected chi connectivity index (χ0v) is 14.8. The lowest BCUT2D eigenvalue weighted by atomic mass is 10.2. The van der Waals surface area contributed by atoms with Gasteiger partial charge in [-0.15, -0.1) is 0 Å². The van der Waals surface area contributed by atoms with E-state index in [4.69, 9.17) is 4.74 Å². The van der Waals surface area contributed by atoms with E-state index in [9.17, 15) is 9.18 Å². The number of benzene rings is 1. The summed E-state index contributed by atoms with van der Waals surface area (Å²) in [5, 5.41) is 2.83. The number of hydrogen-bond donors (Lipinski definition) is 1. The van der Waals surface area contributed by atoms with Crippen LogP contribution in [-0.4, -0.2) is 53.5 Å². The predicted molar refractivity (Wildman–Crippen MR) is 96.6 cm³/mol. The van der Waals surface area contributed by atoms with Crippen molar-refractivity contribution in [2.75, 3.05) is 32.7 Å². The van der Waals surface area contributed by atoms with Crippen molar-refractivity contribution in [3.05, 3.63) is 54.0 Å². The summed E-state index contributed by atoms with van der Waals surface area (Å²) in [5.74, 6) is 0.725. The van der Waals surface area contributed by atoms with Crippen LogP contribution in [0.2, 0.25) is 0 Å². The minimum absolute atomic E-state index is 0.0103. The molecule has 0 saturated carbocycles. The smallest absolute Gasteiger partial charge is 0.317 e. The third kappa shape index (κ3) is 4.92. The highest BCUT2D eigenvalue weighted by Gasteiger charge is 2.20. The highest BCUT2D eigenvalue weighted by atomic mass is 19.1. The van der Waals surface area contributed by atoms with E-state index in [-0.39, 0.29) is 11.8 Å². The molecule has 1 aromatic heterocycles. The number of nitrogens with one attached hydrogen (secondary N) is 1. The van der Waals surface area contributed by atoms with Crippen molar-refractivity contribution >= 4 is 6.03 Å². The SMILES string of the molecule is CCNC(=O)N1CCN(Cc2ccc(Oc3ccc(F)cc3)nc2)CC1. The summed E-state index contributed by atoms with van der Waals surface area (Å²) < 4.78 is 18.5. The van der Waals surface area contributed by atoms with E-state index in [1.165, 1.54) is 12.1 Å². The first kappa shape index (κ1) is 18.1. The molecule has 1 fully saturated rings. The molecule has 0 spiro atoms. The average Bonchev–Trinajstić information content (AvgIpc) is 2.66. The summed E-state index contributed by atoms with van der Waals surface area (Å²) in [6, 6.07) is 9.63. The topological polar surface area (TPSA) is 57.7 Å². The first-order valence-electron chi connectivity index (χ1n) is 8.77. The summed E-state index contributed by atoms with van der Waals surface area (Å²) in [7, 11) is 0. The van der Waals surface area contributed by atoms with Crippen molar-refractivity contribution in [1.82, 2.24) is 20.1 Å². The van der Waals surface area contributed by atoms with Crippen LogP contribution in [-0.2, 0) is 6.54 Å². The number of aromatic nitrogens is 1. The predicted octanol–water partition coefficient (Wildman–Crippen LogP) is 2.86. The lowest BCUT2D eigenvalue weighted by Gasteiger charge is -2.34. The standard InChI is InChI=1S/C19H23FN4O2/c1-2-21-19(25)24-11-9-23(10-12-24)14-15-3-8-18(22-13-15)26-17-6-4-16(20)5-7-17/h3-8,13H,2,9-12,14H2,1H3,(H,21,25). The molecule has 1 aromatic carbocycles. The van der Waals surface area contributed by atoms with Crippen molar-refractivity contribution in [3.8, 4) is 11.6 Å². The van der Waals surface area contributed by atoms with Gasteiger partial charge in [0.05, 0.1) is 0 Å². The van der Waals surface area contributed by atoms with Crippen molar-refractivity contribution < 1.29 is 13.9 Å². The maximum absolute atomic E-state index is 12.9. The van der Waals surface area contributed by atoms with Gasteiger partial charge in [-0.1, -0.05) is 6.07 Å². The molecule has 1 N–H and O–H groups in total. The van der Waals surface area contributed by atoms with Gasteiger partial charge in [-0.05, 0) is 36.8 Å². The molecule has 0 bridgehead atoms. The molecule has 1 aliphatic heterocycles. The molecular formula is C19H23FN4O2. The van der Waals surface area contributed by atoms with Gasteiger partial charge in [-0.2, -0.15) is 0 Å². The van der Waals surface area contributed by atoms with Gasteiger partial charge in [0.2, 0.25) is 5.88 Å². The van der Waals surface area contributed by atoms with Crippen LogP contribution >= 0.6 is 0 Å². The second-order valence-corrected chi connectivity index (χ2v) is 6.16. The average molecular weight is 358 g/mol. The lowest BCUT2D eigenvalue weighted by Crippen LogP contribution is -2.51. The van der Waals surface area contributed by atoms with Crippen LogP contribution < -0.4 is 10.1 Å². The number of halogens is 1. The summed E-state index contributed by atoms with van der Waals surface area (Å²) in [5.41, 5.74) is 1.09. The van der Waals surface area contributed by atoms with Gasteiger partial charge in [-0.3, -0.25) is 4.90 Å². The first-order valence-corrected chi connectivity index (χ1v) is 8.77. The van der Waals surface area contributed by atoms with E-state index in [1.807, 2.05) is 24.0 Å². The van der Waals surface area contributed by atoms with E-state index >= 15 is 0 Å². The molecule has 7 heteroatoms. The van der Waals surface area contributed by atoms with Crippen molar-refractivity contribution in [2.45, 2.75) is 13.5 Å². The third-order valence-electron chi connectivity index (χ3n) is 4.23. The molecule has 2 heterocycles. The van der Waals surface area contributed by atoms with Crippen LogP contribution in [0.5, 0.6) is 11.6 Å². The third-order valence-corrected chi connectivity index (χ3v) is 4.23. The number of nitrogens with zero attached hydrogens (tertiary/aromatic N) is 3. The summed E-state index contributed by atoms with van der Waals surface area (Å²) in [6.45, 7) is 6.49. The van der Waals surface area contributed by atoms with Gasteiger partial charge < -0.3 is 15.0 Å². The van der Waals surface area contributed by atoms with E-state index < -0.39 is 0 Å². The van der Waals surface area contributed by atoms with Crippen LogP contribution in [0.25, 0.3) is 0 Å². The molecule has 0 aliphatic carbocycles. The number of carbonyl (C=O) groups is 1. The number of urea groups is 1. The van der Waals surface area contributed by atoms with Gasteiger partial charge in [0, 0.05) is 51.5 Å². The first-order chi connectivity index (χ1) is 12.6. The molecule has 1 saturated heterocycles. The molecule has 0 radical (unpaired) electrons. The van der Waals surface area contributed by atoms with Crippen molar-refractivity contribution in [2.24, 2.45) is 0 Å².